The van der Waals surface area contributed by atoms with Crippen LogP contribution in [0.15, 0.2) is 163 Å². The van der Waals surface area contributed by atoms with Crippen LogP contribution in [0.5, 0.6) is 0 Å². The number of benzene rings is 5. The van der Waals surface area contributed by atoms with Crippen molar-refractivity contribution in [3.05, 3.63) is 145 Å². The van der Waals surface area contributed by atoms with Crippen LogP contribution in [0.3, 0.4) is 0 Å². The molecule has 158 valence electrons. The summed E-state index contributed by atoms with van der Waals surface area (Å²) in [4.78, 5) is 8.39. The lowest BCUT2D eigenvalue weighted by atomic mass is 10.0. The summed E-state index contributed by atoms with van der Waals surface area (Å²) in [5.74, 6) is 0. The molecule has 1 aliphatic rings. The summed E-state index contributed by atoms with van der Waals surface area (Å²) in [6, 6.07) is 49.1. The Bertz CT molecular complexity index is 1290. The molecule has 1 heterocycles. The van der Waals surface area contributed by atoms with Gasteiger partial charge in [-0.05, 0) is 60.7 Å². The Morgan fingerprint density at radius 3 is 1.36 bits per heavy atom. The molecule has 0 amide bonds. The van der Waals surface area contributed by atoms with Gasteiger partial charge < -0.3 is 0 Å². The first-order valence-corrected chi connectivity index (χ1v) is 13.7. The van der Waals surface area contributed by atoms with Gasteiger partial charge in [0, 0.05) is 17.5 Å². The molecule has 0 fully saturated rings. The van der Waals surface area contributed by atoms with Gasteiger partial charge in [0.05, 0.1) is 21.8 Å². The normalized spacial score (nSPS) is 12.9. The molecule has 0 aromatic heterocycles. The maximum Gasteiger partial charge on any atom is 0.170 e. The second kappa shape index (κ2) is 8.97. The van der Waals surface area contributed by atoms with Crippen LogP contribution in [0.1, 0.15) is 11.1 Å². The zero-order chi connectivity index (χ0) is 22.0. The van der Waals surface area contributed by atoms with Gasteiger partial charge in [-0.1, -0.05) is 72.8 Å². The van der Waals surface area contributed by atoms with Gasteiger partial charge in [0.15, 0.2) is 29.4 Å². The molecular weight excluding hydrogens is 436 g/mol. The van der Waals surface area contributed by atoms with Crippen molar-refractivity contribution in [1.29, 1.82) is 0 Å². The number of hydrogen-bond donors (Lipinski definition) is 0. The molecule has 0 bridgehead atoms. The standard InChI is InChI=1S/C31H24S2/c1-3-13-26(14-4-1)32(27-15-5-2-6-16-27)28-19-21-29(22-20-28)33-30-17-9-7-11-24(30)23-25-12-8-10-18-31(25)33/h1-22H,23H2/q+2. The molecule has 0 spiro atoms. The van der Waals surface area contributed by atoms with Gasteiger partial charge in [0.1, 0.15) is 0 Å². The minimum atomic E-state index is -0.115. The molecule has 0 saturated carbocycles. The molecule has 0 atom stereocenters. The molecule has 0 N–H and O–H groups in total. The summed E-state index contributed by atoms with van der Waals surface area (Å²) in [6.45, 7) is 0. The van der Waals surface area contributed by atoms with Crippen LogP contribution in [0.2, 0.25) is 0 Å². The minimum absolute atomic E-state index is 0.0653. The summed E-state index contributed by atoms with van der Waals surface area (Å²) in [5.41, 5.74) is 2.91. The number of rotatable bonds is 4. The van der Waals surface area contributed by atoms with Crippen molar-refractivity contribution >= 4 is 21.8 Å². The van der Waals surface area contributed by atoms with E-state index in [2.05, 4.69) is 133 Å². The van der Waals surface area contributed by atoms with Crippen molar-refractivity contribution in [1.82, 2.24) is 0 Å². The highest BCUT2D eigenvalue weighted by molar-refractivity contribution is 7.97. The first-order valence-electron chi connectivity index (χ1n) is 11.2. The van der Waals surface area contributed by atoms with E-state index in [1.165, 1.54) is 40.5 Å². The van der Waals surface area contributed by atoms with Gasteiger partial charge in [-0.3, -0.25) is 0 Å². The molecule has 2 heteroatoms. The Kier molecular flexibility index (Phi) is 5.55. The Labute approximate surface area is 201 Å². The summed E-state index contributed by atoms with van der Waals surface area (Å²) >= 11 is 0. The van der Waals surface area contributed by atoms with Crippen LogP contribution in [-0.4, -0.2) is 0 Å². The average Bonchev–Trinajstić information content (AvgIpc) is 2.89. The highest BCUT2D eigenvalue weighted by atomic mass is 32.2. The van der Waals surface area contributed by atoms with E-state index in [0.29, 0.717) is 0 Å². The fourth-order valence-corrected chi connectivity index (χ4v) is 8.98. The molecule has 5 aromatic rings. The van der Waals surface area contributed by atoms with E-state index in [4.69, 9.17) is 0 Å². The second-order valence-corrected chi connectivity index (χ2v) is 12.1. The van der Waals surface area contributed by atoms with Crippen LogP contribution in [0, 0.1) is 0 Å². The van der Waals surface area contributed by atoms with E-state index in [-0.39, 0.29) is 21.8 Å². The van der Waals surface area contributed by atoms with Crippen molar-refractivity contribution in [2.45, 2.75) is 35.8 Å². The lowest BCUT2D eigenvalue weighted by molar-refractivity contribution is 1.04. The van der Waals surface area contributed by atoms with Crippen LogP contribution in [-0.2, 0) is 28.2 Å². The van der Waals surface area contributed by atoms with Crippen molar-refractivity contribution in [2.75, 3.05) is 0 Å². The van der Waals surface area contributed by atoms with Gasteiger partial charge in [-0.2, -0.15) is 0 Å². The third kappa shape index (κ3) is 3.90. The average molecular weight is 461 g/mol. The minimum Gasteiger partial charge on any atom is -0.0619 e. The summed E-state index contributed by atoms with van der Waals surface area (Å²) in [5, 5.41) is 0. The van der Waals surface area contributed by atoms with Crippen LogP contribution >= 0.6 is 0 Å². The maximum atomic E-state index is 2.36. The summed E-state index contributed by atoms with van der Waals surface area (Å²) in [7, 11) is -0.180. The third-order valence-corrected chi connectivity index (χ3v) is 10.7. The van der Waals surface area contributed by atoms with Crippen molar-refractivity contribution in [3.63, 3.8) is 0 Å². The Balaban J connectivity index is 1.44. The largest absolute Gasteiger partial charge is 0.170 e. The Morgan fingerprint density at radius 1 is 0.424 bits per heavy atom. The highest BCUT2D eigenvalue weighted by Gasteiger charge is 2.37. The van der Waals surface area contributed by atoms with E-state index in [9.17, 15) is 0 Å². The number of fused-ring (bicyclic) bond motifs is 2. The van der Waals surface area contributed by atoms with Crippen LogP contribution in [0.25, 0.3) is 0 Å². The quantitative estimate of drug-likeness (QED) is 0.236. The highest BCUT2D eigenvalue weighted by Crippen LogP contribution is 2.41. The smallest absolute Gasteiger partial charge is 0.0619 e. The zero-order valence-electron chi connectivity index (χ0n) is 18.2. The first-order chi connectivity index (χ1) is 16.4. The maximum absolute atomic E-state index is 2.36. The Hall–Kier alpha value is -3.20. The summed E-state index contributed by atoms with van der Waals surface area (Å²) in [6.07, 6.45) is 1.03. The summed E-state index contributed by atoms with van der Waals surface area (Å²) < 4.78 is 0. The molecule has 0 saturated heterocycles. The van der Waals surface area contributed by atoms with Gasteiger partial charge in [0.25, 0.3) is 0 Å². The lowest BCUT2D eigenvalue weighted by Crippen LogP contribution is -2.15. The molecule has 33 heavy (non-hydrogen) atoms. The lowest BCUT2D eigenvalue weighted by Gasteiger charge is -2.19. The van der Waals surface area contributed by atoms with Crippen molar-refractivity contribution in [3.8, 4) is 0 Å². The molecule has 0 radical (unpaired) electrons. The fourth-order valence-electron chi connectivity index (χ4n) is 4.51. The predicted molar refractivity (Wildman–Crippen MR) is 139 cm³/mol. The van der Waals surface area contributed by atoms with E-state index >= 15 is 0 Å². The predicted octanol–water partition coefficient (Wildman–Crippen LogP) is 7.78. The molecular formula is C31H24S2+2. The Morgan fingerprint density at radius 2 is 0.848 bits per heavy atom. The van der Waals surface area contributed by atoms with Gasteiger partial charge >= 0.3 is 0 Å². The van der Waals surface area contributed by atoms with E-state index in [1.54, 1.807) is 0 Å². The molecule has 0 nitrogen and oxygen atoms in total. The first kappa shape index (κ1) is 20.4. The second-order valence-electron chi connectivity index (χ2n) is 8.10. The fraction of sp³-hybridized carbons (Fsp3) is 0.0323. The van der Waals surface area contributed by atoms with E-state index in [0.717, 1.165) is 6.42 Å². The van der Waals surface area contributed by atoms with Crippen LogP contribution < -0.4 is 0 Å². The SMILES string of the molecule is c1ccc([S+](c2ccccc2)c2ccc([S+]3c4ccccc4Cc4ccccc43)cc2)cc1. The molecule has 0 unspecified atom stereocenters. The van der Waals surface area contributed by atoms with Crippen LogP contribution in [0.4, 0.5) is 0 Å². The van der Waals surface area contributed by atoms with Gasteiger partial charge in [-0.25, -0.2) is 0 Å². The van der Waals surface area contributed by atoms with Gasteiger partial charge in [-0.15, -0.1) is 0 Å². The zero-order valence-corrected chi connectivity index (χ0v) is 19.9. The molecule has 6 rings (SSSR count). The van der Waals surface area contributed by atoms with E-state index < -0.39 is 0 Å². The third-order valence-electron chi connectivity index (χ3n) is 6.02. The monoisotopic (exact) mass is 460 g/mol. The molecule has 0 aliphatic carbocycles. The number of hydrogen-bond acceptors (Lipinski definition) is 0. The van der Waals surface area contributed by atoms with E-state index in [1.807, 2.05) is 0 Å². The topological polar surface area (TPSA) is 0 Å². The van der Waals surface area contributed by atoms with Crippen molar-refractivity contribution in [2.24, 2.45) is 0 Å². The van der Waals surface area contributed by atoms with Gasteiger partial charge in [0.2, 0.25) is 0 Å². The van der Waals surface area contributed by atoms with Crippen molar-refractivity contribution < 1.29 is 0 Å². The molecule has 5 aromatic carbocycles. The molecule has 1 aliphatic heterocycles.